The molecule has 1 aliphatic heterocycles. The highest BCUT2D eigenvalue weighted by Crippen LogP contribution is 2.41. The van der Waals surface area contributed by atoms with Crippen LogP contribution in [0.15, 0.2) is 91.0 Å². The third-order valence-corrected chi connectivity index (χ3v) is 5.91. The van der Waals surface area contributed by atoms with Gasteiger partial charge in [-0.2, -0.15) is 0 Å². The number of aliphatic hydroxyl groups excluding tert-OH is 3. The lowest BCUT2D eigenvalue weighted by atomic mass is 9.80. The summed E-state index contributed by atoms with van der Waals surface area (Å²) >= 11 is 0. The molecule has 0 saturated carbocycles. The number of ether oxygens (including phenoxy) is 3. The Kier molecular flexibility index (Phi) is 7.01. The highest BCUT2D eigenvalue weighted by molar-refractivity contribution is 5.47. The molecule has 1 aliphatic rings. The number of hydrogen-bond donors (Lipinski definition) is 3. The Bertz CT molecular complexity index is 867. The van der Waals surface area contributed by atoms with E-state index in [2.05, 4.69) is 0 Å². The molecule has 0 spiro atoms. The fourth-order valence-electron chi connectivity index (χ4n) is 4.22. The van der Waals surface area contributed by atoms with Crippen LogP contribution < -0.4 is 0 Å². The van der Waals surface area contributed by atoms with Crippen molar-refractivity contribution in [3.63, 3.8) is 0 Å². The molecule has 0 bridgehead atoms. The highest BCUT2D eigenvalue weighted by atomic mass is 16.7. The van der Waals surface area contributed by atoms with Gasteiger partial charge in [-0.05, 0) is 16.7 Å². The van der Waals surface area contributed by atoms with Gasteiger partial charge in [-0.3, -0.25) is 0 Å². The van der Waals surface area contributed by atoms with E-state index in [1.807, 2.05) is 91.0 Å². The fourth-order valence-corrected chi connectivity index (χ4v) is 4.22. The number of aliphatic hydroxyl groups is 3. The second-order valence-corrected chi connectivity index (χ2v) is 7.84. The van der Waals surface area contributed by atoms with Gasteiger partial charge in [0.15, 0.2) is 6.29 Å². The van der Waals surface area contributed by atoms with Crippen LogP contribution in [0.5, 0.6) is 0 Å². The molecule has 0 unspecified atom stereocenters. The van der Waals surface area contributed by atoms with Gasteiger partial charge in [-0.15, -0.1) is 0 Å². The summed E-state index contributed by atoms with van der Waals surface area (Å²) in [6.07, 6.45) is -6.08. The molecule has 1 heterocycles. The molecular formula is C26H28O6. The number of methoxy groups -OCH3 is 1. The van der Waals surface area contributed by atoms with E-state index in [0.29, 0.717) is 0 Å². The molecule has 6 heteroatoms. The summed E-state index contributed by atoms with van der Waals surface area (Å²) < 4.78 is 17.5. The highest BCUT2D eigenvalue weighted by Gasteiger charge is 2.46. The van der Waals surface area contributed by atoms with E-state index in [0.717, 1.165) is 16.7 Å². The molecule has 3 aromatic rings. The lowest BCUT2D eigenvalue weighted by molar-refractivity contribution is -0.299. The van der Waals surface area contributed by atoms with Gasteiger partial charge in [0.2, 0.25) is 0 Å². The van der Waals surface area contributed by atoms with Gasteiger partial charge in [0.05, 0.1) is 6.61 Å². The van der Waals surface area contributed by atoms with Crippen molar-refractivity contribution in [2.24, 2.45) is 0 Å². The molecule has 4 rings (SSSR count). The zero-order chi connectivity index (χ0) is 22.6. The van der Waals surface area contributed by atoms with Crippen LogP contribution in [0.1, 0.15) is 16.7 Å². The predicted octanol–water partition coefficient (Wildman–Crippen LogP) is 2.45. The van der Waals surface area contributed by atoms with Crippen LogP contribution in [0.2, 0.25) is 0 Å². The molecule has 3 N–H and O–H groups in total. The topological polar surface area (TPSA) is 88.4 Å². The Morgan fingerprint density at radius 2 is 1.12 bits per heavy atom. The molecular weight excluding hydrogens is 408 g/mol. The van der Waals surface area contributed by atoms with Crippen molar-refractivity contribution >= 4 is 0 Å². The van der Waals surface area contributed by atoms with Crippen molar-refractivity contribution in [3.8, 4) is 0 Å². The van der Waals surface area contributed by atoms with Crippen molar-refractivity contribution in [3.05, 3.63) is 108 Å². The van der Waals surface area contributed by atoms with Crippen LogP contribution in [0.3, 0.4) is 0 Å². The first-order valence-electron chi connectivity index (χ1n) is 10.6. The van der Waals surface area contributed by atoms with E-state index in [1.165, 1.54) is 7.11 Å². The average molecular weight is 437 g/mol. The van der Waals surface area contributed by atoms with Gasteiger partial charge < -0.3 is 29.5 Å². The second kappa shape index (κ2) is 9.92. The Hall–Kier alpha value is -2.58. The van der Waals surface area contributed by atoms with Crippen LogP contribution >= 0.6 is 0 Å². The molecule has 0 aromatic heterocycles. The second-order valence-electron chi connectivity index (χ2n) is 7.84. The predicted molar refractivity (Wildman–Crippen MR) is 119 cm³/mol. The van der Waals surface area contributed by atoms with E-state index in [4.69, 9.17) is 14.2 Å². The molecule has 3 aromatic carbocycles. The summed E-state index contributed by atoms with van der Waals surface area (Å²) in [4.78, 5) is 0. The maximum absolute atomic E-state index is 10.6. The van der Waals surface area contributed by atoms with E-state index >= 15 is 0 Å². The number of rotatable bonds is 7. The fraction of sp³-hybridized carbons (Fsp3) is 0.308. The molecule has 32 heavy (non-hydrogen) atoms. The van der Waals surface area contributed by atoms with E-state index in [9.17, 15) is 15.3 Å². The van der Waals surface area contributed by atoms with Crippen molar-refractivity contribution in [1.82, 2.24) is 0 Å². The first-order valence-corrected chi connectivity index (χ1v) is 10.6. The van der Waals surface area contributed by atoms with Crippen LogP contribution in [0, 0.1) is 0 Å². The van der Waals surface area contributed by atoms with Crippen molar-refractivity contribution in [2.45, 2.75) is 36.3 Å². The minimum Gasteiger partial charge on any atom is -0.387 e. The smallest absolute Gasteiger partial charge is 0.186 e. The Morgan fingerprint density at radius 1 is 0.688 bits per heavy atom. The summed E-state index contributed by atoms with van der Waals surface area (Å²) in [5.74, 6) is 0. The summed E-state index contributed by atoms with van der Waals surface area (Å²) in [6.45, 7) is -0.0521. The van der Waals surface area contributed by atoms with Gasteiger partial charge >= 0.3 is 0 Å². The number of hydrogen-bond acceptors (Lipinski definition) is 6. The van der Waals surface area contributed by atoms with Crippen molar-refractivity contribution < 1.29 is 29.5 Å². The molecule has 0 amide bonds. The number of benzene rings is 3. The van der Waals surface area contributed by atoms with E-state index in [1.54, 1.807) is 0 Å². The molecule has 6 nitrogen and oxygen atoms in total. The normalized spacial score (nSPS) is 26.1. The lowest BCUT2D eigenvalue weighted by Gasteiger charge is -2.42. The molecule has 1 fully saturated rings. The molecule has 1 saturated heterocycles. The molecule has 5 atom stereocenters. The largest absolute Gasteiger partial charge is 0.387 e. The van der Waals surface area contributed by atoms with Gasteiger partial charge in [0.25, 0.3) is 0 Å². The van der Waals surface area contributed by atoms with Crippen LogP contribution in [0.25, 0.3) is 0 Å². The maximum Gasteiger partial charge on any atom is 0.186 e. The SMILES string of the molecule is CO[C@@H]1O[C@H](COC(c2ccccc2)(c2ccccc2)c2ccccc2)[C@H](O)[C@H](O)[C@H]1O. The molecule has 0 aliphatic carbocycles. The standard InChI is InChI=1S/C26H28O6/c1-30-25-24(29)23(28)22(27)21(32-25)17-31-26(18-11-5-2-6-12-18,19-13-7-3-8-14-19)20-15-9-4-10-16-20/h2-16,21-25,27-29H,17H2,1H3/t21-,22+,23+,24-,25-/m1/s1. The van der Waals surface area contributed by atoms with Gasteiger partial charge in [0, 0.05) is 7.11 Å². The zero-order valence-corrected chi connectivity index (χ0v) is 17.8. The summed E-state index contributed by atoms with van der Waals surface area (Å²) in [5.41, 5.74) is 1.74. The summed E-state index contributed by atoms with van der Waals surface area (Å²) in [6, 6.07) is 29.5. The lowest BCUT2D eigenvalue weighted by Crippen LogP contribution is -2.59. The monoisotopic (exact) mass is 436 g/mol. The minimum absolute atomic E-state index is 0.0521. The van der Waals surface area contributed by atoms with Gasteiger partial charge in [-0.25, -0.2) is 0 Å². The third kappa shape index (κ3) is 4.21. The van der Waals surface area contributed by atoms with Crippen LogP contribution in [-0.4, -0.2) is 59.7 Å². The quantitative estimate of drug-likeness (QED) is 0.493. The molecule has 0 radical (unpaired) electrons. The van der Waals surface area contributed by atoms with E-state index < -0.39 is 36.3 Å². The first kappa shape index (κ1) is 22.6. The summed E-state index contributed by atoms with van der Waals surface area (Å²) in [7, 11) is 1.37. The zero-order valence-electron chi connectivity index (χ0n) is 17.8. The van der Waals surface area contributed by atoms with Crippen LogP contribution in [-0.2, 0) is 19.8 Å². The van der Waals surface area contributed by atoms with Gasteiger partial charge in [0.1, 0.15) is 30.0 Å². The van der Waals surface area contributed by atoms with E-state index in [-0.39, 0.29) is 6.61 Å². The first-order chi connectivity index (χ1) is 15.6. The third-order valence-electron chi connectivity index (χ3n) is 5.91. The van der Waals surface area contributed by atoms with Gasteiger partial charge in [-0.1, -0.05) is 91.0 Å². The Labute approximate surface area is 187 Å². The molecule has 168 valence electrons. The van der Waals surface area contributed by atoms with Crippen molar-refractivity contribution in [1.29, 1.82) is 0 Å². The van der Waals surface area contributed by atoms with Crippen LogP contribution in [0.4, 0.5) is 0 Å². The van der Waals surface area contributed by atoms with Crippen molar-refractivity contribution in [2.75, 3.05) is 13.7 Å². The Morgan fingerprint density at radius 3 is 1.53 bits per heavy atom. The average Bonchev–Trinajstić information content (AvgIpc) is 2.86. The summed E-state index contributed by atoms with van der Waals surface area (Å²) in [5, 5.41) is 30.9. The Balaban J connectivity index is 1.77. The minimum atomic E-state index is -1.41. The maximum atomic E-state index is 10.6.